The van der Waals surface area contributed by atoms with E-state index in [9.17, 15) is 4.79 Å². The first-order valence-electron chi connectivity index (χ1n) is 10.5. The standard InChI is InChI=1S/C25H30N4O3/c1-27-14-7-15-29(2)18-31-24-13-12-20(17-23(24)26)28-25(30)19-8-6-11-22(16-19)32-21-9-4-3-5-10-21/h3-6,8-13,16-17,27H,7,14-15,18,26H2,1-2H3,(H,28,30). The molecular weight excluding hydrogens is 404 g/mol. The van der Waals surface area contributed by atoms with Crippen molar-refractivity contribution >= 4 is 17.3 Å². The Morgan fingerprint density at radius 1 is 1.00 bits per heavy atom. The highest BCUT2D eigenvalue weighted by atomic mass is 16.5. The molecule has 0 heterocycles. The molecule has 0 atom stereocenters. The summed E-state index contributed by atoms with van der Waals surface area (Å²) in [6.45, 7) is 2.32. The van der Waals surface area contributed by atoms with Gasteiger partial charge >= 0.3 is 0 Å². The Balaban J connectivity index is 1.57. The Morgan fingerprint density at radius 3 is 2.53 bits per heavy atom. The van der Waals surface area contributed by atoms with Crippen LogP contribution in [-0.4, -0.2) is 44.7 Å². The average Bonchev–Trinajstić information content (AvgIpc) is 2.79. The fourth-order valence-corrected chi connectivity index (χ4v) is 3.06. The van der Waals surface area contributed by atoms with Crippen molar-refractivity contribution in [3.8, 4) is 17.2 Å². The second kappa shape index (κ2) is 11.7. The van der Waals surface area contributed by atoms with Crippen molar-refractivity contribution in [3.63, 3.8) is 0 Å². The van der Waals surface area contributed by atoms with Gasteiger partial charge < -0.3 is 25.8 Å². The van der Waals surface area contributed by atoms with E-state index in [2.05, 4.69) is 15.5 Å². The maximum absolute atomic E-state index is 12.7. The van der Waals surface area contributed by atoms with E-state index in [1.165, 1.54) is 0 Å². The molecule has 0 aliphatic carbocycles. The molecule has 32 heavy (non-hydrogen) atoms. The summed E-state index contributed by atoms with van der Waals surface area (Å²) >= 11 is 0. The van der Waals surface area contributed by atoms with Crippen LogP contribution in [0.25, 0.3) is 0 Å². The summed E-state index contributed by atoms with van der Waals surface area (Å²) in [5.74, 6) is 1.63. The van der Waals surface area contributed by atoms with E-state index in [1.54, 1.807) is 36.4 Å². The van der Waals surface area contributed by atoms with Crippen LogP contribution in [0.1, 0.15) is 16.8 Å². The zero-order chi connectivity index (χ0) is 22.8. The zero-order valence-corrected chi connectivity index (χ0v) is 18.5. The number of nitrogens with zero attached hydrogens (tertiary/aromatic N) is 1. The van der Waals surface area contributed by atoms with Crippen LogP contribution in [0.4, 0.5) is 11.4 Å². The molecule has 0 spiro atoms. The molecule has 168 valence electrons. The monoisotopic (exact) mass is 434 g/mol. The van der Waals surface area contributed by atoms with Crippen LogP contribution >= 0.6 is 0 Å². The molecule has 0 saturated heterocycles. The van der Waals surface area contributed by atoms with Gasteiger partial charge in [-0.25, -0.2) is 0 Å². The zero-order valence-electron chi connectivity index (χ0n) is 18.5. The number of hydrogen-bond acceptors (Lipinski definition) is 6. The highest BCUT2D eigenvalue weighted by molar-refractivity contribution is 6.04. The van der Waals surface area contributed by atoms with Crippen LogP contribution in [0.15, 0.2) is 72.8 Å². The second-order valence-electron chi connectivity index (χ2n) is 7.46. The number of carbonyl (C=O) groups excluding carboxylic acids is 1. The molecule has 7 nitrogen and oxygen atoms in total. The van der Waals surface area contributed by atoms with Gasteiger partial charge in [-0.05, 0) is 75.6 Å². The summed E-state index contributed by atoms with van der Waals surface area (Å²) < 4.78 is 11.6. The SMILES string of the molecule is CNCCCN(C)COc1ccc(NC(=O)c2cccc(Oc3ccccc3)c2)cc1N. The summed E-state index contributed by atoms with van der Waals surface area (Å²) in [5, 5.41) is 5.99. The molecule has 0 unspecified atom stereocenters. The number of ether oxygens (including phenoxy) is 2. The van der Waals surface area contributed by atoms with Crippen LogP contribution in [0.5, 0.6) is 17.2 Å². The van der Waals surface area contributed by atoms with Crippen molar-refractivity contribution in [2.45, 2.75) is 6.42 Å². The number of benzene rings is 3. The van der Waals surface area contributed by atoms with Crippen LogP contribution in [0, 0.1) is 0 Å². The van der Waals surface area contributed by atoms with Gasteiger partial charge in [-0.2, -0.15) is 0 Å². The largest absolute Gasteiger partial charge is 0.476 e. The maximum Gasteiger partial charge on any atom is 0.255 e. The highest BCUT2D eigenvalue weighted by Gasteiger charge is 2.10. The molecule has 0 aliphatic heterocycles. The Labute approximate surface area is 189 Å². The van der Waals surface area contributed by atoms with Gasteiger partial charge in [-0.1, -0.05) is 24.3 Å². The summed E-state index contributed by atoms with van der Waals surface area (Å²) in [4.78, 5) is 14.8. The number of anilines is 2. The lowest BCUT2D eigenvalue weighted by Gasteiger charge is -2.18. The van der Waals surface area contributed by atoms with E-state index in [-0.39, 0.29) is 5.91 Å². The predicted octanol–water partition coefficient (Wildman–Crippen LogP) is 4.19. The summed E-state index contributed by atoms with van der Waals surface area (Å²) in [6.07, 6.45) is 1.04. The molecule has 3 aromatic rings. The minimum atomic E-state index is -0.249. The third-order valence-corrected chi connectivity index (χ3v) is 4.75. The Morgan fingerprint density at radius 2 is 1.78 bits per heavy atom. The topological polar surface area (TPSA) is 88.8 Å². The molecule has 3 aromatic carbocycles. The van der Waals surface area contributed by atoms with Gasteiger partial charge in [-0.15, -0.1) is 0 Å². The Kier molecular flexibility index (Phi) is 8.48. The molecule has 4 N–H and O–H groups in total. The number of rotatable bonds is 11. The fourth-order valence-electron chi connectivity index (χ4n) is 3.06. The number of amides is 1. The lowest BCUT2D eigenvalue weighted by Crippen LogP contribution is -2.27. The van der Waals surface area contributed by atoms with Gasteiger partial charge in [0.2, 0.25) is 0 Å². The lowest BCUT2D eigenvalue weighted by molar-refractivity contribution is 0.102. The maximum atomic E-state index is 12.7. The summed E-state index contributed by atoms with van der Waals surface area (Å²) in [5.41, 5.74) is 7.67. The first kappa shape index (κ1) is 23.1. The highest BCUT2D eigenvalue weighted by Crippen LogP contribution is 2.26. The van der Waals surface area contributed by atoms with Crippen molar-refractivity contribution in [2.24, 2.45) is 0 Å². The second-order valence-corrected chi connectivity index (χ2v) is 7.46. The van der Waals surface area contributed by atoms with E-state index in [1.807, 2.05) is 50.5 Å². The fraction of sp³-hybridized carbons (Fsp3) is 0.240. The van der Waals surface area contributed by atoms with Crippen molar-refractivity contribution in [1.82, 2.24) is 10.2 Å². The van der Waals surface area contributed by atoms with Crippen LogP contribution < -0.4 is 25.8 Å². The Hall–Kier alpha value is -3.55. The van der Waals surface area contributed by atoms with E-state index >= 15 is 0 Å². The third kappa shape index (κ3) is 7.01. The number of nitrogens with two attached hydrogens (primary N) is 1. The minimum Gasteiger partial charge on any atom is -0.476 e. The van der Waals surface area contributed by atoms with E-state index in [0.717, 1.165) is 19.5 Å². The number of carbonyl (C=O) groups is 1. The molecule has 1 amide bonds. The molecule has 3 rings (SSSR count). The summed E-state index contributed by atoms with van der Waals surface area (Å²) in [6, 6.07) is 21.7. The average molecular weight is 435 g/mol. The van der Waals surface area contributed by atoms with E-state index < -0.39 is 0 Å². The van der Waals surface area contributed by atoms with Gasteiger partial charge in [0.05, 0.1) is 5.69 Å². The molecular formula is C25H30N4O3. The molecule has 0 radical (unpaired) electrons. The normalized spacial score (nSPS) is 10.7. The van der Waals surface area contributed by atoms with Gasteiger partial charge in [-0.3, -0.25) is 9.69 Å². The van der Waals surface area contributed by atoms with Gasteiger partial charge in [0.1, 0.15) is 24.0 Å². The van der Waals surface area contributed by atoms with E-state index in [4.69, 9.17) is 15.2 Å². The van der Waals surface area contributed by atoms with Crippen molar-refractivity contribution < 1.29 is 14.3 Å². The predicted molar refractivity (Wildman–Crippen MR) is 128 cm³/mol. The van der Waals surface area contributed by atoms with Gasteiger partial charge in [0.25, 0.3) is 5.91 Å². The first-order valence-corrected chi connectivity index (χ1v) is 10.5. The number of hydrogen-bond donors (Lipinski definition) is 3. The van der Waals surface area contributed by atoms with Crippen LogP contribution in [0.3, 0.4) is 0 Å². The first-order chi connectivity index (χ1) is 15.5. The smallest absolute Gasteiger partial charge is 0.255 e. The van der Waals surface area contributed by atoms with E-state index in [0.29, 0.717) is 40.9 Å². The molecule has 0 bridgehead atoms. The lowest BCUT2D eigenvalue weighted by atomic mass is 10.2. The molecule has 0 fully saturated rings. The van der Waals surface area contributed by atoms with Crippen molar-refractivity contribution in [3.05, 3.63) is 78.4 Å². The van der Waals surface area contributed by atoms with Crippen LogP contribution in [0.2, 0.25) is 0 Å². The third-order valence-electron chi connectivity index (χ3n) is 4.75. The molecule has 0 aliphatic rings. The molecule has 0 saturated carbocycles. The molecule has 0 aromatic heterocycles. The number of nitrogen functional groups attached to an aromatic ring is 1. The van der Waals surface area contributed by atoms with Crippen molar-refractivity contribution in [2.75, 3.05) is 45.0 Å². The van der Waals surface area contributed by atoms with Gasteiger partial charge in [0, 0.05) is 17.8 Å². The van der Waals surface area contributed by atoms with Gasteiger partial charge in [0.15, 0.2) is 0 Å². The number of nitrogens with one attached hydrogen (secondary N) is 2. The van der Waals surface area contributed by atoms with Crippen LogP contribution in [-0.2, 0) is 0 Å². The quantitative estimate of drug-likeness (QED) is 0.238. The number of para-hydroxylation sites is 1. The Bertz CT molecular complexity index is 1010. The molecule has 7 heteroatoms. The summed E-state index contributed by atoms with van der Waals surface area (Å²) in [7, 11) is 3.93. The van der Waals surface area contributed by atoms with Crippen molar-refractivity contribution in [1.29, 1.82) is 0 Å². The minimum absolute atomic E-state index is 0.249.